The zero-order valence-corrected chi connectivity index (χ0v) is 20.0. The summed E-state index contributed by atoms with van der Waals surface area (Å²) < 4.78 is 0.987. The number of nitrogens with one attached hydrogen (secondary N) is 1. The van der Waals surface area contributed by atoms with Crippen molar-refractivity contribution < 1.29 is 4.79 Å². The Hall–Kier alpha value is -1.44. The van der Waals surface area contributed by atoms with Crippen molar-refractivity contribution in [1.82, 2.24) is 15.4 Å². The summed E-state index contributed by atoms with van der Waals surface area (Å²) in [6.45, 7) is 1.74. The zero-order chi connectivity index (χ0) is 21.1. The molecule has 4 nitrogen and oxygen atoms in total. The molecular weight excluding hydrogens is 505 g/mol. The number of thiazole rings is 1. The summed E-state index contributed by atoms with van der Waals surface area (Å²) in [5, 5.41) is 3.48. The first kappa shape index (κ1) is 21.8. The van der Waals surface area contributed by atoms with E-state index >= 15 is 0 Å². The molecule has 0 saturated carbocycles. The van der Waals surface area contributed by atoms with Crippen molar-refractivity contribution in [3.63, 3.8) is 0 Å². The van der Waals surface area contributed by atoms with Gasteiger partial charge in [-0.2, -0.15) is 0 Å². The minimum Gasteiger partial charge on any atom is -0.283 e. The molecule has 0 unspecified atom stereocenters. The van der Waals surface area contributed by atoms with Crippen molar-refractivity contribution in [2.75, 3.05) is 13.1 Å². The zero-order valence-electron chi connectivity index (χ0n) is 16.1. The Bertz CT molecular complexity index is 1050. The number of carbonyl (C=O) groups is 1. The summed E-state index contributed by atoms with van der Waals surface area (Å²) in [7, 11) is 0. The van der Waals surface area contributed by atoms with Gasteiger partial charge in [-0.25, -0.2) is 9.99 Å². The normalized spacial score (nSPS) is 15.0. The maximum absolute atomic E-state index is 13.0. The molecule has 1 aliphatic heterocycles. The third-order valence-electron chi connectivity index (χ3n) is 4.98. The van der Waals surface area contributed by atoms with Crippen molar-refractivity contribution >= 4 is 56.4 Å². The second-order valence-electron chi connectivity index (χ2n) is 7.17. The minimum absolute atomic E-state index is 0.184. The number of aromatic nitrogens is 1. The molecule has 1 aromatic heterocycles. The van der Waals surface area contributed by atoms with Crippen LogP contribution in [0.25, 0.3) is 21.7 Å². The van der Waals surface area contributed by atoms with Crippen LogP contribution in [-0.4, -0.2) is 29.0 Å². The molecule has 0 spiro atoms. The predicted octanol–water partition coefficient (Wildman–Crippen LogP) is 7.07. The highest BCUT2D eigenvalue weighted by Crippen LogP contribution is 2.40. The highest BCUT2D eigenvalue weighted by atomic mass is 79.9. The number of hydrogen-bond acceptors (Lipinski definition) is 4. The van der Waals surface area contributed by atoms with Crippen LogP contribution in [0.2, 0.25) is 10.0 Å². The third-order valence-corrected chi connectivity index (χ3v) is 7.16. The van der Waals surface area contributed by atoms with Crippen LogP contribution >= 0.6 is 50.5 Å². The van der Waals surface area contributed by atoms with Crippen LogP contribution in [0.4, 0.5) is 0 Å². The fourth-order valence-electron chi connectivity index (χ4n) is 3.45. The monoisotopic (exact) mass is 523 g/mol. The van der Waals surface area contributed by atoms with E-state index in [1.807, 2.05) is 35.3 Å². The molecule has 8 heteroatoms. The molecule has 1 amide bonds. The summed E-state index contributed by atoms with van der Waals surface area (Å²) in [6, 6.07) is 13.3. The molecule has 1 N–H and O–H groups in total. The van der Waals surface area contributed by atoms with E-state index in [0.29, 0.717) is 20.7 Å². The Morgan fingerprint density at radius 1 is 1.03 bits per heavy atom. The van der Waals surface area contributed by atoms with Gasteiger partial charge in [0.2, 0.25) is 0 Å². The van der Waals surface area contributed by atoms with Crippen LogP contribution in [0.15, 0.2) is 46.9 Å². The molecule has 1 saturated heterocycles. The summed E-state index contributed by atoms with van der Waals surface area (Å²) in [4.78, 5) is 18.6. The molecule has 1 fully saturated rings. The van der Waals surface area contributed by atoms with E-state index in [1.165, 1.54) is 24.2 Å². The summed E-state index contributed by atoms with van der Waals surface area (Å²) in [5.41, 5.74) is 5.45. The lowest BCUT2D eigenvalue weighted by molar-refractivity contribution is 0.0794. The van der Waals surface area contributed by atoms with Gasteiger partial charge in [0.15, 0.2) is 5.01 Å². The number of halogens is 3. The molecule has 0 bridgehead atoms. The molecule has 4 rings (SSSR count). The van der Waals surface area contributed by atoms with Crippen LogP contribution in [0.1, 0.15) is 35.5 Å². The lowest BCUT2D eigenvalue weighted by atomic mass is 10.1. The van der Waals surface area contributed by atoms with Gasteiger partial charge in [-0.3, -0.25) is 10.2 Å². The van der Waals surface area contributed by atoms with E-state index in [-0.39, 0.29) is 5.91 Å². The van der Waals surface area contributed by atoms with Gasteiger partial charge >= 0.3 is 0 Å². The molecule has 2 heterocycles. The molecule has 0 radical (unpaired) electrons. The minimum atomic E-state index is -0.184. The average Bonchev–Trinajstić information content (AvgIpc) is 3.00. The Labute approximate surface area is 198 Å². The molecule has 30 heavy (non-hydrogen) atoms. The van der Waals surface area contributed by atoms with Gasteiger partial charge in [0.05, 0.1) is 15.6 Å². The Morgan fingerprint density at radius 3 is 2.40 bits per heavy atom. The number of hydrazine groups is 1. The number of nitrogens with zero attached hydrogens (tertiary/aromatic N) is 2. The van der Waals surface area contributed by atoms with Gasteiger partial charge < -0.3 is 0 Å². The van der Waals surface area contributed by atoms with Crippen LogP contribution < -0.4 is 5.43 Å². The van der Waals surface area contributed by atoms with Gasteiger partial charge in [-0.1, -0.05) is 64.1 Å². The number of amides is 1. The summed E-state index contributed by atoms with van der Waals surface area (Å²) >= 11 is 17.4. The summed E-state index contributed by atoms with van der Waals surface area (Å²) in [6.07, 6.45) is 4.59. The van der Waals surface area contributed by atoms with Crippen molar-refractivity contribution in [2.45, 2.75) is 25.7 Å². The first-order valence-corrected chi connectivity index (χ1v) is 12.2. The third kappa shape index (κ3) is 5.06. The van der Waals surface area contributed by atoms with Gasteiger partial charge in [0.1, 0.15) is 0 Å². The van der Waals surface area contributed by atoms with Gasteiger partial charge in [-0.05, 0) is 48.7 Å². The van der Waals surface area contributed by atoms with Crippen molar-refractivity contribution in [3.8, 4) is 21.7 Å². The molecule has 1 aliphatic rings. The Morgan fingerprint density at radius 2 is 1.73 bits per heavy atom. The van der Waals surface area contributed by atoms with Gasteiger partial charge in [-0.15, -0.1) is 11.3 Å². The topological polar surface area (TPSA) is 45.2 Å². The lowest BCUT2D eigenvalue weighted by Gasteiger charge is -2.19. The largest absolute Gasteiger partial charge is 0.294 e. The number of carbonyl (C=O) groups excluding carboxylic acids is 1. The number of benzene rings is 2. The lowest BCUT2D eigenvalue weighted by Crippen LogP contribution is -2.42. The first-order chi connectivity index (χ1) is 14.5. The van der Waals surface area contributed by atoms with Crippen LogP contribution in [0, 0.1) is 0 Å². The fourth-order valence-corrected chi connectivity index (χ4v) is 5.19. The van der Waals surface area contributed by atoms with Crippen molar-refractivity contribution in [3.05, 3.63) is 62.0 Å². The molecular formula is C22H20BrCl2N3OS. The van der Waals surface area contributed by atoms with Crippen molar-refractivity contribution in [1.29, 1.82) is 0 Å². The Kier molecular flexibility index (Phi) is 7.11. The highest BCUT2D eigenvalue weighted by Gasteiger charge is 2.22. The van der Waals surface area contributed by atoms with Crippen LogP contribution in [0.5, 0.6) is 0 Å². The van der Waals surface area contributed by atoms with E-state index in [2.05, 4.69) is 21.4 Å². The SMILES string of the molecule is O=C(NN1CCCCCC1)c1nc(-c2ccc(Cl)cc2Cl)c(-c2ccc(Br)cc2)s1. The Balaban J connectivity index is 1.71. The van der Waals surface area contributed by atoms with Crippen LogP contribution in [-0.2, 0) is 0 Å². The second kappa shape index (κ2) is 9.79. The van der Waals surface area contributed by atoms with Gasteiger partial charge in [0.25, 0.3) is 5.91 Å². The predicted molar refractivity (Wildman–Crippen MR) is 128 cm³/mol. The quantitative estimate of drug-likeness (QED) is 0.397. The summed E-state index contributed by atoms with van der Waals surface area (Å²) in [5.74, 6) is -0.184. The second-order valence-corrected chi connectivity index (χ2v) is 9.93. The standard InChI is InChI=1S/C22H20BrCl2N3OS/c23-15-7-5-14(6-8-15)20-19(17-10-9-16(24)13-18(17)25)26-22(30-20)21(29)27-28-11-3-1-2-4-12-28/h5-10,13H,1-4,11-12H2,(H,27,29). The van der Waals surface area contributed by atoms with E-state index in [0.717, 1.165) is 46.4 Å². The maximum Gasteiger partial charge on any atom is 0.294 e. The molecule has 2 aromatic carbocycles. The van der Waals surface area contributed by atoms with E-state index < -0.39 is 0 Å². The number of rotatable bonds is 4. The maximum atomic E-state index is 13.0. The molecule has 3 aromatic rings. The average molecular weight is 525 g/mol. The molecule has 0 aliphatic carbocycles. The molecule has 156 valence electrons. The van der Waals surface area contributed by atoms with Gasteiger partial charge in [0, 0.05) is 28.1 Å². The van der Waals surface area contributed by atoms with E-state index in [4.69, 9.17) is 28.2 Å². The van der Waals surface area contributed by atoms with Crippen LogP contribution in [0.3, 0.4) is 0 Å². The van der Waals surface area contributed by atoms with Crippen molar-refractivity contribution in [2.24, 2.45) is 0 Å². The van der Waals surface area contributed by atoms with E-state index in [9.17, 15) is 4.79 Å². The highest BCUT2D eigenvalue weighted by molar-refractivity contribution is 9.10. The first-order valence-electron chi connectivity index (χ1n) is 9.79. The smallest absolute Gasteiger partial charge is 0.283 e. The fraction of sp³-hybridized carbons (Fsp3) is 0.273. The van der Waals surface area contributed by atoms with E-state index in [1.54, 1.807) is 12.1 Å². The molecule has 0 atom stereocenters. The number of hydrogen-bond donors (Lipinski definition) is 1.